The Hall–Kier alpha value is -3.32. The number of anilines is 1. The predicted molar refractivity (Wildman–Crippen MR) is 126 cm³/mol. The van der Waals surface area contributed by atoms with Crippen LogP contribution in [0.1, 0.15) is 28.1 Å². The first-order valence-corrected chi connectivity index (χ1v) is 10.8. The lowest BCUT2D eigenvalue weighted by molar-refractivity contribution is 0.707. The summed E-state index contributed by atoms with van der Waals surface area (Å²) in [6.45, 7) is 7.47. The minimum Gasteiger partial charge on any atom is -0.338 e. The Bertz CT molecular complexity index is 1430. The quantitative estimate of drug-likeness (QED) is 0.481. The Kier molecular flexibility index (Phi) is 4.70. The summed E-state index contributed by atoms with van der Waals surface area (Å²) in [6.07, 6.45) is 0.915. The Morgan fingerprint density at radius 1 is 0.968 bits per heavy atom. The summed E-state index contributed by atoms with van der Waals surface area (Å²) in [5, 5.41) is 0.351. The lowest BCUT2D eigenvalue weighted by Gasteiger charge is -2.29. The van der Waals surface area contributed by atoms with Crippen molar-refractivity contribution in [2.45, 2.75) is 33.7 Å². The molecule has 0 atom stereocenters. The summed E-state index contributed by atoms with van der Waals surface area (Å²) >= 11 is 5.77. The molecule has 5 rings (SSSR count). The molecule has 1 aliphatic heterocycles. The first-order chi connectivity index (χ1) is 14.9. The molecule has 0 saturated heterocycles. The Morgan fingerprint density at radius 3 is 2.42 bits per heavy atom. The predicted octanol–water partition coefficient (Wildman–Crippen LogP) is 4.33. The highest BCUT2D eigenvalue weighted by molar-refractivity contribution is 7.71. The number of benzene rings is 2. The maximum Gasteiger partial charge on any atom is 0.264 e. The number of rotatable bonds is 2. The van der Waals surface area contributed by atoms with Gasteiger partial charge in [0.15, 0.2) is 5.65 Å². The molecular weight excluding hydrogens is 406 g/mol. The highest BCUT2D eigenvalue weighted by Crippen LogP contribution is 2.25. The Balaban J connectivity index is 1.66. The fraction of sp³-hybridized carbons (Fsp3) is 0.250. The van der Waals surface area contributed by atoms with Gasteiger partial charge in [0, 0.05) is 13.1 Å². The molecule has 0 saturated carbocycles. The molecule has 1 N–H and O–H groups in total. The topological polar surface area (TPSA) is 66.8 Å². The zero-order valence-corrected chi connectivity index (χ0v) is 18.6. The van der Waals surface area contributed by atoms with Crippen molar-refractivity contribution in [1.82, 2.24) is 19.5 Å². The minimum atomic E-state index is -0.253. The van der Waals surface area contributed by atoms with Gasteiger partial charge in [-0.05, 0) is 49.4 Å². The van der Waals surface area contributed by atoms with Gasteiger partial charge in [0.25, 0.3) is 5.56 Å². The van der Waals surface area contributed by atoms with Crippen LogP contribution in [-0.4, -0.2) is 26.1 Å². The second kappa shape index (κ2) is 7.42. The van der Waals surface area contributed by atoms with E-state index in [0.717, 1.165) is 29.8 Å². The van der Waals surface area contributed by atoms with E-state index < -0.39 is 0 Å². The number of H-pyrrole nitrogens is 1. The van der Waals surface area contributed by atoms with Crippen LogP contribution in [0.15, 0.2) is 47.3 Å². The van der Waals surface area contributed by atoms with Crippen molar-refractivity contribution in [2.75, 3.05) is 11.4 Å². The van der Waals surface area contributed by atoms with Crippen molar-refractivity contribution in [3.63, 3.8) is 0 Å². The first-order valence-electron chi connectivity index (χ1n) is 10.4. The summed E-state index contributed by atoms with van der Waals surface area (Å²) < 4.78 is 2.32. The number of nitrogens with one attached hydrogen (secondary N) is 1. The van der Waals surface area contributed by atoms with Gasteiger partial charge in [-0.25, -0.2) is 4.98 Å². The number of aromatic amines is 1. The largest absolute Gasteiger partial charge is 0.338 e. The van der Waals surface area contributed by atoms with Crippen molar-refractivity contribution < 1.29 is 0 Å². The van der Waals surface area contributed by atoms with E-state index in [0.29, 0.717) is 34.0 Å². The molecule has 4 aromatic rings. The van der Waals surface area contributed by atoms with Crippen LogP contribution in [0, 0.1) is 25.4 Å². The molecule has 0 amide bonds. The summed E-state index contributed by atoms with van der Waals surface area (Å²) in [6, 6.07) is 14.5. The molecule has 31 heavy (non-hydrogen) atoms. The second-order valence-corrected chi connectivity index (χ2v) is 8.46. The molecule has 0 fully saturated rings. The SMILES string of the molecule is Cc1cccc(C)c1-n1c(C)nc2nc(N3CCc4ccccc4C3)[nH]c(=O)c2c1=S. The molecule has 6 nitrogen and oxygen atoms in total. The molecule has 0 radical (unpaired) electrons. The molecule has 0 unspecified atom stereocenters. The van der Waals surface area contributed by atoms with Gasteiger partial charge in [-0.2, -0.15) is 4.98 Å². The van der Waals surface area contributed by atoms with Crippen LogP contribution >= 0.6 is 12.2 Å². The normalized spacial score (nSPS) is 13.5. The van der Waals surface area contributed by atoms with E-state index in [9.17, 15) is 4.79 Å². The minimum absolute atomic E-state index is 0.253. The van der Waals surface area contributed by atoms with Crippen molar-refractivity contribution in [1.29, 1.82) is 0 Å². The third-order valence-corrected chi connectivity index (χ3v) is 6.38. The molecule has 2 aromatic heterocycles. The molecule has 3 heterocycles. The van der Waals surface area contributed by atoms with Crippen molar-refractivity contribution in [3.8, 4) is 5.69 Å². The number of para-hydroxylation sites is 1. The summed E-state index contributed by atoms with van der Waals surface area (Å²) in [7, 11) is 0. The number of aryl methyl sites for hydroxylation is 3. The zero-order chi connectivity index (χ0) is 21.7. The van der Waals surface area contributed by atoms with Crippen LogP contribution in [0.2, 0.25) is 0 Å². The third-order valence-electron chi connectivity index (χ3n) is 5.99. The van der Waals surface area contributed by atoms with Gasteiger partial charge in [-0.3, -0.25) is 14.3 Å². The first kappa shape index (κ1) is 19.6. The van der Waals surface area contributed by atoms with Crippen molar-refractivity contribution in [2.24, 2.45) is 0 Å². The van der Waals surface area contributed by atoms with Gasteiger partial charge in [-0.15, -0.1) is 0 Å². The number of fused-ring (bicyclic) bond motifs is 2. The van der Waals surface area contributed by atoms with Gasteiger partial charge in [-0.1, -0.05) is 54.7 Å². The van der Waals surface area contributed by atoms with E-state index in [1.54, 1.807) is 0 Å². The lowest BCUT2D eigenvalue weighted by Crippen LogP contribution is -2.33. The second-order valence-electron chi connectivity index (χ2n) is 8.07. The highest BCUT2D eigenvalue weighted by Gasteiger charge is 2.20. The van der Waals surface area contributed by atoms with Gasteiger partial charge in [0.2, 0.25) is 5.95 Å². The number of nitrogens with zero attached hydrogens (tertiary/aromatic N) is 4. The molecule has 156 valence electrons. The Labute approximate surface area is 185 Å². The summed E-state index contributed by atoms with van der Waals surface area (Å²) in [5.74, 6) is 1.25. The summed E-state index contributed by atoms with van der Waals surface area (Å²) in [4.78, 5) is 27.6. The third kappa shape index (κ3) is 3.25. The van der Waals surface area contributed by atoms with E-state index in [1.807, 2.05) is 49.6 Å². The summed E-state index contributed by atoms with van der Waals surface area (Å²) in [5.41, 5.74) is 5.86. The average molecular weight is 430 g/mol. The lowest BCUT2D eigenvalue weighted by atomic mass is 10.0. The Morgan fingerprint density at radius 2 is 1.68 bits per heavy atom. The molecule has 7 heteroatoms. The van der Waals surface area contributed by atoms with Gasteiger partial charge in [0.1, 0.15) is 15.9 Å². The maximum absolute atomic E-state index is 13.1. The van der Waals surface area contributed by atoms with Crippen LogP contribution < -0.4 is 10.5 Å². The number of hydrogen-bond donors (Lipinski definition) is 1. The highest BCUT2D eigenvalue weighted by atomic mass is 32.1. The van der Waals surface area contributed by atoms with Crippen LogP contribution in [-0.2, 0) is 13.0 Å². The van der Waals surface area contributed by atoms with Crippen LogP contribution in [0.4, 0.5) is 5.95 Å². The van der Waals surface area contributed by atoms with Crippen LogP contribution in [0.25, 0.3) is 16.7 Å². The molecule has 0 bridgehead atoms. The molecule has 0 spiro atoms. The molecular formula is C24H23N5OS. The van der Waals surface area contributed by atoms with E-state index in [4.69, 9.17) is 22.2 Å². The average Bonchev–Trinajstić information content (AvgIpc) is 2.74. The van der Waals surface area contributed by atoms with Crippen molar-refractivity contribution in [3.05, 3.63) is 85.5 Å². The number of hydrogen-bond acceptors (Lipinski definition) is 5. The van der Waals surface area contributed by atoms with Gasteiger partial charge < -0.3 is 4.90 Å². The van der Waals surface area contributed by atoms with Crippen LogP contribution in [0.5, 0.6) is 0 Å². The van der Waals surface area contributed by atoms with E-state index in [-0.39, 0.29) is 5.56 Å². The van der Waals surface area contributed by atoms with Gasteiger partial charge >= 0.3 is 0 Å². The molecule has 1 aliphatic rings. The zero-order valence-electron chi connectivity index (χ0n) is 17.8. The monoisotopic (exact) mass is 429 g/mol. The smallest absolute Gasteiger partial charge is 0.264 e. The maximum atomic E-state index is 13.1. The van der Waals surface area contributed by atoms with Crippen LogP contribution in [0.3, 0.4) is 0 Å². The van der Waals surface area contributed by atoms with E-state index >= 15 is 0 Å². The van der Waals surface area contributed by atoms with E-state index in [2.05, 4.69) is 28.1 Å². The molecule has 0 aliphatic carbocycles. The number of aromatic nitrogens is 4. The fourth-order valence-electron chi connectivity index (χ4n) is 4.43. The van der Waals surface area contributed by atoms with Gasteiger partial charge in [0.05, 0.1) is 5.69 Å². The molecule has 2 aromatic carbocycles. The van der Waals surface area contributed by atoms with Crippen molar-refractivity contribution >= 4 is 29.2 Å². The fourth-order valence-corrected chi connectivity index (χ4v) is 4.84. The van der Waals surface area contributed by atoms with E-state index in [1.165, 1.54) is 11.1 Å². The standard InChI is InChI=1S/C24H23N5OS/c1-14-7-6-8-15(2)20(14)29-16(3)25-21-19(23(29)31)22(30)27-24(26-21)28-12-11-17-9-4-5-10-18(17)13-28/h4-10H,11-13H2,1-3H3,(H,26,27,30).